The number of rotatable bonds is 9. The zero-order chi connectivity index (χ0) is 27.9. The van der Waals surface area contributed by atoms with Crippen molar-refractivity contribution in [1.29, 1.82) is 0 Å². The molecular weight excluding hydrogens is 504 g/mol. The Labute approximate surface area is 236 Å². The molecule has 1 aromatic carbocycles. The van der Waals surface area contributed by atoms with Gasteiger partial charge in [0.05, 0.1) is 31.5 Å². The van der Waals surface area contributed by atoms with Crippen LogP contribution < -0.4 is 20.4 Å². The van der Waals surface area contributed by atoms with Crippen molar-refractivity contribution in [2.45, 2.75) is 59.0 Å². The predicted octanol–water partition coefficient (Wildman–Crippen LogP) is 4.67. The maximum atomic E-state index is 12.3. The van der Waals surface area contributed by atoms with Crippen LogP contribution in [0, 0.1) is 5.92 Å². The van der Waals surface area contributed by atoms with Crippen molar-refractivity contribution >= 4 is 23.5 Å². The first-order valence-corrected chi connectivity index (χ1v) is 14.4. The quantitative estimate of drug-likeness (QED) is 0.374. The Morgan fingerprint density at radius 2 is 1.93 bits per heavy atom. The third kappa shape index (κ3) is 6.67. The summed E-state index contributed by atoms with van der Waals surface area (Å²) in [5.41, 5.74) is 3.84. The van der Waals surface area contributed by atoms with Gasteiger partial charge in [-0.1, -0.05) is 20.8 Å². The number of anilines is 3. The van der Waals surface area contributed by atoms with Gasteiger partial charge in [-0.05, 0) is 61.9 Å². The second-order valence-corrected chi connectivity index (χ2v) is 10.8. The number of nitrogens with zero attached hydrogens (tertiary/aromatic N) is 6. The molecule has 0 aliphatic carbocycles. The van der Waals surface area contributed by atoms with Gasteiger partial charge in [-0.3, -0.25) is 0 Å². The number of aromatic nitrogens is 4. The van der Waals surface area contributed by atoms with E-state index >= 15 is 0 Å². The number of carbonyl (C=O) groups is 1. The fourth-order valence-electron chi connectivity index (χ4n) is 5.26. The van der Waals surface area contributed by atoms with Gasteiger partial charge in [-0.25, -0.2) is 24.7 Å². The Balaban J connectivity index is 1.39. The minimum Gasteiger partial charge on any atom is -0.377 e. The van der Waals surface area contributed by atoms with E-state index in [2.05, 4.69) is 51.2 Å². The van der Waals surface area contributed by atoms with Crippen LogP contribution in [0.5, 0.6) is 0 Å². The lowest BCUT2D eigenvalue weighted by molar-refractivity contribution is 0.0924. The first-order valence-electron chi connectivity index (χ1n) is 14.4. The molecule has 212 valence electrons. The molecule has 1 unspecified atom stereocenters. The number of fused-ring (bicyclic) bond motifs is 1. The predicted molar refractivity (Wildman–Crippen MR) is 158 cm³/mol. The zero-order valence-corrected chi connectivity index (χ0v) is 23.8. The minimum atomic E-state index is -0.190. The van der Waals surface area contributed by atoms with Gasteiger partial charge in [-0.2, -0.15) is 0 Å². The summed E-state index contributed by atoms with van der Waals surface area (Å²) in [6.07, 6.45) is 7.42. The number of benzene rings is 1. The molecule has 5 rings (SSSR count). The Morgan fingerprint density at radius 1 is 1.12 bits per heavy atom. The highest BCUT2D eigenvalue weighted by molar-refractivity contribution is 5.89. The molecule has 3 aromatic rings. The topological polar surface area (TPSA) is 108 Å². The van der Waals surface area contributed by atoms with E-state index in [1.165, 1.54) is 5.56 Å². The normalized spacial score (nSPS) is 17.1. The van der Waals surface area contributed by atoms with Crippen LogP contribution >= 0.6 is 0 Å². The molecule has 1 atom stereocenters. The van der Waals surface area contributed by atoms with Gasteiger partial charge in [0.2, 0.25) is 5.95 Å². The van der Waals surface area contributed by atoms with E-state index in [1.807, 2.05) is 30.3 Å². The lowest BCUT2D eigenvalue weighted by atomic mass is 10.0. The molecule has 1 fully saturated rings. The highest BCUT2D eigenvalue weighted by atomic mass is 16.5. The number of carbonyl (C=O) groups excluding carboxylic acids is 1. The van der Waals surface area contributed by atoms with Gasteiger partial charge in [0.15, 0.2) is 5.82 Å². The standard InChI is InChI=1S/C30H40N8O2/c1-4-24-20-40-18-17-38(24)28-25-12-16-37(29-31-14-6-15-32-29)19-26(25)35-27(36-28)22-8-10-23(11-9-22)34-30(39)33-13-5-7-21(2)3/h6,8-11,14-15,21,24H,4-5,7,12-13,16-20H2,1-3H3,(H2,33,34,39). The smallest absolute Gasteiger partial charge is 0.319 e. The molecule has 4 heterocycles. The third-order valence-corrected chi connectivity index (χ3v) is 7.49. The summed E-state index contributed by atoms with van der Waals surface area (Å²) in [4.78, 5) is 36.0. The van der Waals surface area contributed by atoms with Crippen LogP contribution in [0.15, 0.2) is 42.7 Å². The fourth-order valence-corrected chi connectivity index (χ4v) is 5.26. The molecule has 2 amide bonds. The van der Waals surface area contributed by atoms with Gasteiger partial charge < -0.3 is 25.2 Å². The molecule has 2 N–H and O–H groups in total. The van der Waals surface area contributed by atoms with Crippen molar-refractivity contribution in [3.63, 3.8) is 0 Å². The largest absolute Gasteiger partial charge is 0.377 e. The van der Waals surface area contributed by atoms with E-state index in [-0.39, 0.29) is 12.1 Å². The zero-order valence-electron chi connectivity index (χ0n) is 23.8. The molecular formula is C30H40N8O2. The summed E-state index contributed by atoms with van der Waals surface area (Å²) in [7, 11) is 0. The molecule has 0 spiro atoms. The molecule has 2 aliphatic heterocycles. The van der Waals surface area contributed by atoms with Crippen molar-refractivity contribution in [2.24, 2.45) is 5.92 Å². The summed E-state index contributed by atoms with van der Waals surface area (Å²) in [5, 5.41) is 5.86. The van der Waals surface area contributed by atoms with Crippen LogP contribution in [0.1, 0.15) is 51.3 Å². The van der Waals surface area contributed by atoms with Crippen LogP contribution in [0.3, 0.4) is 0 Å². The fraction of sp³-hybridized carbons (Fsp3) is 0.500. The highest BCUT2D eigenvalue weighted by Gasteiger charge is 2.30. The second-order valence-electron chi connectivity index (χ2n) is 10.8. The highest BCUT2D eigenvalue weighted by Crippen LogP contribution is 2.33. The van der Waals surface area contributed by atoms with Gasteiger partial charge in [0.25, 0.3) is 0 Å². The summed E-state index contributed by atoms with van der Waals surface area (Å²) < 4.78 is 5.80. The summed E-state index contributed by atoms with van der Waals surface area (Å²) in [5.74, 6) is 3.03. The van der Waals surface area contributed by atoms with E-state index in [1.54, 1.807) is 12.4 Å². The number of morpholine rings is 1. The molecule has 2 aromatic heterocycles. The first-order chi connectivity index (χ1) is 19.5. The molecule has 0 saturated carbocycles. The second kappa shape index (κ2) is 13.0. The van der Waals surface area contributed by atoms with Crippen LogP contribution in [0.2, 0.25) is 0 Å². The molecule has 2 aliphatic rings. The number of ether oxygens (including phenoxy) is 1. The Morgan fingerprint density at radius 3 is 2.67 bits per heavy atom. The van der Waals surface area contributed by atoms with Crippen molar-refractivity contribution in [3.05, 3.63) is 54.0 Å². The number of hydrogen-bond donors (Lipinski definition) is 2. The van der Waals surface area contributed by atoms with Crippen molar-refractivity contribution in [3.8, 4) is 11.4 Å². The van der Waals surface area contributed by atoms with Gasteiger partial charge in [0.1, 0.15) is 5.82 Å². The van der Waals surface area contributed by atoms with Crippen molar-refractivity contribution in [1.82, 2.24) is 25.3 Å². The molecule has 10 nitrogen and oxygen atoms in total. The van der Waals surface area contributed by atoms with Crippen molar-refractivity contribution in [2.75, 3.05) is 48.0 Å². The Hall–Kier alpha value is -3.79. The average Bonchev–Trinajstić information content (AvgIpc) is 2.99. The van der Waals surface area contributed by atoms with E-state index in [9.17, 15) is 4.79 Å². The van der Waals surface area contributed by atoms with Gasteiger partial charge in [-0.15, -0.1) is 0 Å². The SMILES string of the molecule is CCC1COCCN1c1nc(-c2ccc(NC(=O)NCCCC(C)C)cc2)nc2c1CCN(c1ncccn1)C2. The van der Waals surface area contributed by atoms with E-state index < -0.39 is 0 Å². The molecule has 0 bridgehead atoms. The summed E-state index contributed by atoms with van der Waals surface area (Å²) in [6.45, 7) is 10.9. The number of urea groups is 1. The first kappa shape index (κ1) is 27.8. The van der Waals surface area contributed by atoms with Crippen LogP contribution in [0.25, 0.3) is 11.4 Å². The Kier molecular flexibility index (Phi) is 9.05. The Bertz CT molecular complexity index is 1270. The van der Waals surface area contributed by atoms with Crippen molar-refractivity contribution < 1.29 is 9.53 Å². The monoisotopic (exact) mass is 544 g/mol. The van der Waals surface area contributed by atoms with Gasteiger partial charge >= 0.3 is 6.03 Å². The van der Waals surface area contributed by atoms with Gasteiger partial charge in [0, 0.05) is 48.8 Å². The van der Waals surface area contributed by atoms with Crippen LogP contribution in [0.4, 0.5) is 22.2 Å². The molecule has 40 heavy (non-hydrogen) atoms. The lowest BCUT2D eigenvalue weighted by Gasteiger charge is -2.39. The molecule has 0 radical (unpaired) electrons. The number of hydrogen-bond acceptors (Lipinski definition) is 8. The molecule has 1 saturated heterocycles. The average molecular weight is 545 g/mol. The third-order valence-electron chi connectivity index (χ3n) is 7.49. The maximum Gasteiger partial charge on any atom is 0.319 e. The van der Waals surface area contributed by atoms with E-state index in [0.717, 1.165) is 61.5 Å². The summed E-state index contributed by atoms with van der Waals surface area (Å²) in [6, 6.07) is 9.66. The molecule has 10 heteroatoms. The van der Waals surface area contributed by atoms with E-state index in [4.69, 9.17) is 14.7 Å². The van der Waals surface area contributed by atoms with Crippen LogP contribution in [-0.4, -0.2) is 64.9 Å². The summed E-state index contributed by atoms with van der Waals surface area (Å²) >= 11 is 0. The number of amides is 2. The minimum absolute atomic E-state index is 0.190. The number of nitrogens with one attached hydrogen (secondary N) is 2. The van der Waals surface area contributed by atoms with Crippen LogP contribution in [-0.2, 0) is 17.7 Å². The van der Waals surface area contributed by atoms with E-state index in [0.29, 0.717) is 44.0 Å². The lowest BCUT2D eigenvalue weighted by Crippen LogP contribution is -2.47. The maximum absolute atomic E-state index is 12.3.